The Balaban J connectivity index is 1.44. The molecule has 0 amide bonds. The first kappa shape index (κ1) is 15.8. The lowest BCUT2D eigenvalue weighted by molar-refractivity contribution is 0.213. The topological polar surface area (TPSA) is 68.8 Å². The van der Waals surface area contributed by atoms with Gasteiger partial charge in [0.05, 0.1) is 25.0 Å². The van der Waals surface area contributed by atoms with Gasteiger partial charge in [-0.15, -0.1) is 5.10 Å². The van der Waals surface area contributed by atoms with Crippen LogP contribution in [0.5, 0.6) is 0 Å². The monoisotopic (exact) mass is 346 g/mol. The van der Waals surface area contributed by atoms with E-state index in [0.29, 0.717) is 12.6 Å². The SMILES string of the molecule is O=c1cc2c(nn1CC1CCCN1CCn1ccnn1)CCSC2. The van der Waals surface area contributed by atoms with E-state index >= 15 is 0 Å². The lowest BCUT2D eigenvalue weighted by Crippen LogP contribution is -2.39. The maximum Gasteiger partial charge on any atom is 0.267 e. The van der Waals surface area contributed by atoms with Gasteiger partial charge in [0.2, 0.25) is 0 Å². The molecule has 2 aliphatic heterocycles. The molecule has 0 N–H and O–H groups in total. The average molecular weight is 346 g/mol. The second-order valence-electron chi connectivity index (χ2n) is 6.44. The van der Waals surface area contributed by atoms with Crippen LogP contribution in [0.4, 0.5) is 0 Å². The zero-order valence-corrected chi connectivity index (χ0v) is 14.5. The van der Waals surface area contributed by atoms with Crippen molar-refractivity contribution in [1.82, 2.24) is 29.7 Å². The number of fused-ring (bicyclic) bond motifs is 1. The molecule has 8 heteroatoms. The van der Waals surface area contributed by atoms with Crippen molar-refractivity contribution in [2.24, 2.45) is 0 Å². The Hall–Kier alpha value is -1.67. The van der Waals surface area contributed by atoms with Crippen molar-refractivity contribution in [2.45, 2.75) is 44.1 Å². The van der Waals surface area contributed by atoms with Gasteiger partial charge >= 0.3 is 0 Å². The minimum atomic E-state index is 0.0411. The van der Waals surface area contributed by atoms with E-state index < -0.39 is 0 Å². The summed E-state index contributed by atoms with van der Waals surface area (Å²) in [5.41, 5.74) is 2.28. The van der Waals surface area contributed by atoms with Crippen LogP contribution in [-0.2, 0) is 25.3 Å². The molecule has 4 heterocycles. The molecule has 1 saturated heterocycles. The van der Waals surface area contributed by atoms with Gasteiger partial charge < -0.3 is 0 Å². The van der Waals surface area contributed by atoms with E-state index in [1.165, 1.54) is 6.42 Å². The number of rotatable bonds is 5. The van der Waals surface area contributed by atoms with Crippen LogP contribution in [0.15, 0.2) is 23.3 Å². The van der Waals surface area contributed by atoms with Crippen LogP contribution in [0, 0.1) is 0 Å². The molecule has 24 heavy (non-hydrogen) atoms. The number of nitrogens with zero attached hydrogens (tertiary/aromatic N) is 6. The third kappa shape index (κ3) is 3.39. The first-order valence-corrected chi connectivity index (χ1v) is 9.71. The molecule has 1 unspecified atom stereocenters. The molecule has 1 atom stereocenters. The molecular formula is C16H22N6OS. The highest BCUT2D eigenvalue weighted by molar-refractivity contribution is 7.98. The zero-order valence-electron chi connectivity index (χ0n) is 13.7. The van der Waals surface area contributed by atoms with E-state index in [9.17, 15) is 4.79 Å². The first-order valence-electron chi connectivity index (χ1n) is 8.55. The molecule has 0 spiro atoms. The fourth-order valence-corrected chi connectivity index (χ4v) is 4.51. The summed E-state index contributed by atoms with van der Waals surface area (Å²) >= 11 is 1.88. The van der Waals surface area contributed by atoms with Gasteiger partial charge in [0, 0.05) is 37.0 Å². The van der Waals surface area contributed by atoms with Gasteiger partial charge in [-0.1, -0.05) is 5.21 Å². The van der Waals surface area contributed by atoms with Crippen LogP contribution < -0.4 is 5.56 Å². The van der Waals surface area contributed by atoms with E-state index in [1.54, 1.807) is 16.9 Å². The minimum absolute atomic E-state index is 0.0411. The zero-order chi connectivity index (χ0) is 16.4. The summed E-state index contributed by atoms with van der Waals surface area (Å²) in [6, 6.07) is 2.18. The Morgan fingerprint density at radius 3 is 3.17 bits per heavy atom. The molecule has 0 bridgehead atoms. The van der Waals surface area contributed by atoms with Crippen LogP contribution in [0.1, 0.15) is 24.1 Å². The van der Waals surface area contributed by atoms with Crippen molar-refractivity contribution in [3.05, 3.63) is 40.1 Å². The third-order valence-electron chi connectivity index (χ3n) is 4.88. The van der Waals surface area contributed by atoms with Crippen LogP contribution in [0.3, 0.4) is 0 Å². The maximum absolute atomic E-state index is 12.4. The molecule has 2 aliphatic rings. The lowest BCUT2D eigenvalue weighted by atomic mass is 10.2. The van der Waals surface area contributed by atoms with Gasteiger partial charge in [-0.25, -0.2) is 4.68 Å². The van der Waals surface area contributed by atoms with Gasteiger partial charge in [0.1, 0.15) is 0 Å². The number of aromatic nitrogens is 5. The number of likely N-dealkylation sites (tertiary alicyclic amines) is 1. The van der Waals surface area contributed by atoms with E-state index in [0.717, 1.165) is 55.2 Å². The van der Waals surface area contributed by atoms with E-state index in [4.69, 9.17) is 0 Å². The number of aryl methyl sites for hydroxylation is 1. The second kappa shape index (κ2) is 7.06. The van der Waals surface area contributed by atoms with Crippen LogP contribution in [0.25, 0.3) is 0 Å². The summed E-state index contributed by atoms with van der Waals surface area (Å²) in [5.74, 6) is 2.03. The fraction of sp³-hybridized carbons (Fsp3) is 0.625. The Bertz CT molecular complexity index is 744. The highest BCUT2D eigenvalue weighted by atomic mass is 32.2. The molecule has 0 radical (unpaired) electrons. The molecule has 0 aliphatic carbocycles. The van der Waals surface area contributed by atoms with Gasteiger partial charge in [-0.2, -0.15) is 16.9 Å². The molecular weight excluding hydrogens is 324 g/mol. The summed E-state index contributed by atoms with van der Waals surface area (Å²) in [5, 5.41) is 12.5. The van der Waals surface area contributed by atoms with Crippen molar-refractivity contribution in [1.29, 1.82) is 0 Å². The second-order valence-corrected chi connectivity index (χ2v) is 7.54. The fourth-order valence-electron chi connectivity index (χ4n) is 3.56. The summed E-state index contributed by atoms with van der Waals surface area (Å²) < 4.78 is 3.55. The minimum Gasteiger partial charge on any atom is -0.297 e. The molecule has 128 valence electrons. The largest absolute Gasteiger partial charge is 0.297 e. The first-order chi connectivity index (χ1) is 11.8. The van der Waals surface area contributed by atoms with Crippen LogP contribution in [0.2, 0.25) is 0 Å². The quantitative estimate of drug-likeness (QED) is 0.797. The summed E-state index contributed by atoms with van der Waals surface area (Å²) in [4.78, 5) is 14.8. The average Bonchev–Trinajstić information content (AvgIpc) is 3.25. The van der Waals surface area contributed by atoms with Crippen molar-refractivity contribution in [3.8, 4) is 0 Å². The molecule has 0 aromatic carbocycles. The van der Waals surface area contributed by atoms with Crippen LogP contribution in [-0.4, -0.2) is 54.6 Å². The standard InChI is InChI=1S/C16H22N6OS/c23-16-10-13-12-24-9-3-15(13)18-22(16)11-14-2-1-5-20(14)7-8-21-6-4-17-19-21/h4,6,10,14H,1-3,5,7-9,11-12H2. The van der Waals surface area contributed by atoms with E-state index in [1.807, 2.05) is 22.6 Å². The third-order valence-corrected chi connectivity index (χ3v) is 5.88. The molecule has 1 fully saturated rings. The van der Waals surface area contributed by atoms with Crippen molar-refractivity contribution in [2.75, 3.05) is 18.8 Å². The van der Waals surface area contributed by atoms with Crippen LogP contribution >= 0.6 is 11.8 Å². The molecule has 2 aromatic rings. The van der Waals surface area contributed by atoms with E-state index in [-0.39, 0.29) is 5.56 Å². The van der Waals surface area contributed by atoms with Crippen molar-refractivity contribution in [3.63, 3.8) is 0 Å². The van der Waals surface area contributed by atoms with Gasteiger partial charge in [0.15, 0.2) is 0 Å². The molecule has 7 nitrogen and oxygen atoms in total. The Morgan fingerprint density at radius 1 is 1.33 bits per heavy atom. The number of thioether (sulfide) groups is 1. The molecule has 2 aromatic heterocycles. The normalized spacial score (nSPS) is 21.1. The molecule has 4 rings (SSSR count). The summed E-state index contributed by atoms with van der Waals surface area (Å²) in [6.45, 7) is 3.54. The smallest absolute Gasteiger partial charge is 0.267 e. The Morgan fingerprint density at radius 2 is 2.29 bits per heavy atom. The number of hydrogen-bond acceptors (Lipinski definition) is 6. The lowest BCUT2D eigenvalue weighted by Gasteiger charge is -2.25. The summed E-state index contributed by atoms with van der Waals surface area (Å²) in [7, 11) is 0. The predicted molar refractivity (Wildman–Crippen MR) is 93.0 cm³/mol. The van der Waals surface area contributed by atoms with E-state index in [2.05, 4.69) is 20.3 Å². The molecule has 0 saturated carbocycles. The van der Waals surface area contributed by atoms with Gasteiger partial charge in [-0.3, -0.25) is 14.4 Å². The highest BCUT2D eigenvalue weighted by Gasteiger charge is 2.25. The van der Waals surface area contributed by atoms with Gasteiger partial charge in [0.25, 0.3) is 5.56 Å². The summed E-state index contributed by atoms with van der Waals surface area (Å²) in [6.07, 6.45) is 6.87. The van der Waals surface area contributed by atoms with Gasteiger partial charge in [-0.05, 0) is 30.7 Å². The number of hydrogen-bond donors (Lipinski definition) is 0. The predicted octanol–water partition coefficient (Wildman–Crippen LogP) is 0.789. The van der Waals surface area contributed by atoms with Crippen molar-refractivity contribution >= 4 is 11.8 Å². The highest BCUT2D eigenvalue weighted by Crippen LogP contribution is 2.22. The Labute approximate surface area is 145 Å². The van der Waals surface area contributed by atoms with Crippen molar-refractivity contribution < 1.29 is 0 Å². The Kier molecular flexibility index (Phi) is 4.66. The maximum atomic E-state index is 12.4.